The Labute approximate surface area is 134 Å². The minimum atomic E-state index is -3.44. The van der Waals surface area contributed by atoms with Gasteiger partial charge >= 0.3 is 0 Å². The molecule has 1 rings (SSSR count). The topological polar surface area (TPSA) is 63.4 Å². The van der Waals surface area contributed by atoms with Gasteiger partial charge in [0, 0.05) is 24.5 Å². The number of hydrogen-bond acceptors (Lipinski definition) is 4. The van der Waals surface area contributed by atoms with Crippen molar-refractivity contribution in [2.75, 3.05) is 13.1 Å². The van der Waals surface area contributed by atoms with Gasteiger partial charge in [-0.25, -0.2) is 8.42 Å². The predicted octanol–water partition coefficient (Wildman–Crippen LogP) is 3.42. The van der Waals surface area contributed by atoms with E-state index in [4.69, 9.17) is 5.73 Å². The Kier molecular flexibility index (Phi) is 7.14. The van der Waals surface area contributed by atoms with Crippen molar-refractivity contribution in [3.8, 4) is 0 Å². The molecule has 20 heavy (non-hydrogen) atoms. The van der Waals surface area contributed by atoms with Gasteiger partial charge in [0.15, 0.2) is 0 Å². The molecular formula is C13H23BrN2O2S2. The van der Waals surface area contributed by atoms with Crippen LogP contribution in [0.5, 0.6) is 0 Å². The molecule has 0 radical (unpaired) electrons. The van der Waals surface area contributed by atoms with E-state index in [1.54, 1.807) is 10.4 Å². The van der Waals surface area contributed by atoms with Crippen molar-refractivity contribution in [2.45, 2.75) is 45.1 Å². The van der Waals surface area contributed by atoms with Crippen molar-refractivity contribution in [1.82, 2.24) is 4.31 Å². The van der Waals surface area contributed by atoms with E-state index < -0.39 is 10.0 Å². The first-order valence-electron chi connectivity index (χ1n) is 6.88. The average Bonchev–Trinajstić information content (AvgIpc) is 2.82. The second-order valence-corrected chi connectivity index (χ2v) is 9.05. The zero-order chi connectivity index (χ0) is 15.3. The van der Waals surface area contributed by atoms with Crippen LogP contribution in [0.4, 0.5) is 0 Å². The summed E-state index contributed by atoms with van der Waals surface area (Å²) in [6.45, 7) is 7.50. The van der Waals surface area contributed by atoms with Crippen molar-refractivity contribution in [3.63, 3.8) is 0 Å². The number of halogens is 1. The van der Waals surface area contributed by atoms with E-state index in [1.165, 1.54) is 11.3 Å². The smallest absolute Gasteiger partial charge is 0.245 e. The molecule has 0 aliphatic rings. The number of sulfonamides is 1. The molecule has 0 saturated heterocycles. The summed E-state index contributed by atoms with van der Waals surface area (Å²) in [6.07, 6.45) is 1.97. The summed E-state index contributed by atoms with van der Waals surface area (Å²) >= 11 is 4.73. The van der Waals surface area contributed by atoms with Crippen molar-refractivity contribution in [2.24, 2.45) is 11.7 Å². The van der Waals surface area contributed by atoms with Gasteiger partial charge in [-0.1, -0.05) is 33.6 Å². The SMILES string of the molecule is CCC(CC)CN(CC)S(=O)(=O)c1cc(CN)sc1Br. The minimum Gasteiger partial charge on any atom is -0.326 e. The summed E-state index contributed by atoms with van der Waals surface area (Å²) in [5, 5.41) is 0. The maximum Gasteiger partial charge on any atom is 0.245 e. The number of rotatable bonds is 8. The molecule has 0 aromatic carbocycles. The molecule has 0 saturated carbocycles. The highest BCUT2D eigenvalue weighted by molar-refractivity contribution is 9.11. The lowest BCUT2D eigenvalue weighted by atomic mass is 10.0. The van der Waals surface area contributed by atoms with Crippen LogP contribution in [0.25, 0.3) is 0 Å². The Morgan fingerprint density at radius 3 is 2.35 bits per heavy atom. The van der Waals surface area contributed by atoms with Crippen molar-refractivity contribution in [3.05, 3.63) is 14.7 Å². The van der Waals surface area contributed by atoms with Gasteiger partial charge < -0.3 is 5.73 Å². The van der Waals surface area contributed by atoms with Crippen LogP contribution in [0.1, 0.15) is 38.5 Å². The second-order valence-electron chi connectivity index (χ2n) is 4.69. The van der Waals surface area contributed by atoms with Crippen LogP contribution in [-0.2, 0) is 16.6 Å². The van der Waals surface area contributed by atoms with Gasteiger partial charge in [-0.2, -0.15) is 4.31 Å². The third-order valence-corrected chi connectivity index (χ3v) is 7.71. The molecule has 0 amide bonds. The molecule has 0 aliphatic heterocycles. The van der Waals surface area contributed by atoms with E-state index >= 15 is 0 Å². The van der Waals surface area contributed by atoms with Crippen LogP contribution in [0, 0.1) is 5.92 Å². The maximum absolute atomic E-state index is 12.7. The van der Waals surface area contributed by atoms with E-state index in [-0.39, 0.29) is 0 Å². The quantitative estimate of drug-likeness (QED) is 0.748. The largest absolute Gasteiger partial charge is 0.326 e. The zero-order valence-corrected chi connectivity index (χ0v) is 15.4. The van der Waals surface area contributed by atoms with Gasteiger partial charge in [-0.05, 0) is 27.9 Å². The molecule has 2 N–H and O–H groups in total. The van der Waals surface area contributed by atoms with Crippen LogP contribution in [0.3, 0.4) is 0 Å². The molecule has 4 nitrogen and oxygen atoms in total. The van der Waals surface area contributed by atoms with Crippen molar-refractivity contribution >= 4 is 37.3 Å². The highest BCUT2D eigenvalue weighted by atomic mass is 79.9. The second kappa shape index (κ2) is 7.89. The molecule has 1 heterocycles. The summed E-state index contributed by atoms with van der Waals surface area (Å²) in [5.74, 6) is 0.399. The van der Waals surface area contributed by atoms with Crippen LogP contribution in [-0.4, -0.2) is 25.8 Å². The van der Waals surface area contributed by atoms with E-state index in [9.17, 15) is 8.42 Å². The molecule has 0 unspecified atom stereocenters. The molecule has 1 aromatic rings. The van der Waals surface area contributed by atoms with Crippen LogP contribution >= 0.6 is 27.3 Å². The molecule has 0 spiro atoms. The first-order chi connectivity index (χ1) is 9.40. The molecular weight excluding hydrogens is 360 g/mol. The normalized spacial score (nSPS) is 12.6. The van der Waals surface area contributed by atoms with Crippen molar-refractivity contribution < 1.29 is 8.42 Å². The number of hydrogen-bond donors (Lipinski definition) is 1. The first-order valence-corrected chi connectivity index (χ1v) is 9.93. The standard InChI is InChI=1S/C13H23BrN2O2S2/c1-4-10(5-2)9-16(6-3)20(17,18)12-7-11(8-15)19-13(12)14/h7,10H,4-6,8-9,15H2,1-3H3. The molecule has 1 aromatic heterocycles. The summed E-state index contributed by atoms with van der Waals surface area (Å²) in [4.78, 5) is 1.21. The fraction of sp³-hybridized carbons (Fsp3) is 0.692. The zero-order valence-electron chi connectivity index (χ0n) is 12.2. The Hall–Kier alpha value is 0.0500. The molecule has 7 heteroatoms. The summed E-state index contributed by atoms with van der Waals surface area (Å²) in [6, 6.07) is 1.68. The van der Waals surface area contributed by atoms with Gasteiger partial charge in [0.05, 0.1) is 3.79 Å². The lowest BCUT2D eigenvalue weighted by molar-refractivity contribution is 0.339. The highest BCUT2D eigenvalue weighted by Gasteiger charge is 2.28. The lowest BCUT2D eigenvalue weighted by Crippen LogP contribution is -2.35. The first kappa shape index (κ1) is 18.1. The van der Waals surface area contributed by atoms with E-state index in [0.29, 0.717) is 34.2 Å². The Balaban J connectivity index is 3.08. The number of thiophene rings is 1. The van der Waals surface area contributed by atoms with E-state index in [2.05, 4.69) is 29.8 Å². The molecule has 116 valence electrons. The van der Waals surface area contributed by atoms with Gasteiger partial charge in [0.25, 0.3) is 0 Å². The van der Waals surface area contributed by atoms with E-state index in [0.717, 1.165) is 17.7 Å². The van der Waals surface area contributed by atoms with Gasteiger partial charge in [0.1, 0.15) is 4.90 Å². The maximum atomic E-state index is 12.7. The monoisotopic (exact) mass is 382 g/mol. The number of nitrogens with zero attached hydrogens (tertiary/aromatic N) is 1. The Morgan fingerprint density at radius 1 is 1.35 bits per heavy atom. The van der Waals surface area contributed by atoms with Crippen LogP contribution in [0.15, 0.2) is 14.7 Å². The summed E-state index contributed by atoms with van der Waals surface area (Å²) in [5.41, 5.74) is 5.59. The third kappa shape index (κ3) is 4.04. The van der Waals surface area contributed by atoms with Crippen LogP contribution in [0.2, 0.25) is 0 Å². The fourth-order valence-corrected chi connectivity index (χ4v) is 6.08. The Morgan fingerprint density at radius 2 is 1.95 bits per heavy atom. The third-order valence-electron chi connectivity index (χ3n) is 3.49. The van der Waals surface area contributed by atoms with Gasteiger partial charge in [0.2, 0.25) is 10.0 Å². The molecule has 0 atom stereocenters. The lowest BCUT2D eigenvalue weighted by Gasteiger charge is -2.24. The van der Waals surface area contributed by atoms with E-state index in [1.807, 2.05) is 6.92 Å². The molecule has 0 aliphatic carbocycles. The number of nitrogens with two attached hydrogens (primary N) is 1. The minimum absolute atomic E-state index is 0.343. The molecule has 0 bridgehead atoms. The predicted molar refractivity (Wildman–Crippen MR) is 88.4 cm³/mol. The average molecular weight is 383 g/mol. The van der Waals surface area contributed by atoms with Gasteiger partial charge in [-0.15, -0.1) is 11.3 Å². The fourth-order valence-electron chi connectivity index (χ4n) is 2.05. The van der Waals surface area contributed by atoms with Gasteiger partial charge in [-0.3, -0.25) is 0 Å². The Bertz CT molecular complexity index is 524. The summed E-state index contributed by atoms with van der Waals surface area (Å²) in [7, 11) is -3.44. The summed E-state index contributed by atoms with van der Waals surface area (Å²) < 4.78 is 27.7. The highest BCUT2D eigenvalue weighted by Crippen LogP contribution is 2.33. The van der Waals surface area contributed by atoms with Crippen LogP contribution < -0.4 is 5.73 Å². The van der Waals surface area contributed by atoms with Crippen molar-refractivity contribution in [1.29, 1.82) is 0 Å². The molecule has 0 fully saturated rings.